The molecule has 7 heteroatoms. The number of amides is 2. The number of carbonyl (C=O) groups is 2. The van der Waals surface area contributed by atoms with Crippen molar-refractivity contribution in [1.29, 1.82) is 0 Å². The van der Waals surface area contributed by atoms with Gasteiger partial charge in [0.15, 0.2) is 0 Å². The number of rotatable bonds is 4. The van der Waals surface area contributed by atoms with E-state index in [1.807, 2.05) is 0 Å². The van der Waals surface area contributed by atoms with Crippen LogP contribution in [0.5, 0.6) is 0 Å². The van der Waals surface area contributed by atoms with Crippen molar-refractivity contribution in [2.24, 2.45) is 0 Å². The van der Waals surface area contributed by atoms with Gasteiger partial charge in [-0.2, -0.15) is 0 Å². The fraction of sp³-hybridized carbons (Fsp3) is 0.167. The summed E-state index contributed by atoms with van der Waals surface area (Å²) in [7, 11) is 0. The van der Waals surface area contributed by atoms with E-state index < -0.39 is 23.9 Å². The Morgan fingerprint density at radius 1 is 1.53 bits per heavy atom. The molecule has 0 bridgehead atoms. The number of hydrogen-bond acceptors (Lipinski definition) is 2. The molecule has 0 spiro atoms. The molecule has 5 nitrogen and oxygen atoms in total. The van der Waals surface area contributed by atoms with E-state index >= 15 is 0 Å². The number of nitrogens with one attached hydrogen (secondary N) is 2. The zero-order chi connectivity index (χ0) is 14.4. The molecule has 19 heavy (non-hydrogen) atoms. The lowest BCUT2D eigenvalue weighted by Gasteiger charge is -2.13. The number of benzene rings is 1. The lowest BCUT2D eigenvalue weighted by molar-refractivity contribution is -0.139. The first-order valence-corrected chi connectivity index (χ1v) is 5.92. The van der Waals surface area contributed by atoms with Crippen molar-refractivity contribution in [1.82, 2.24) is 5.32 Å². The maximum Gasteiger partial charge on any atom is 0.327 e. The molecular weight excluding hydrogens is 319 g/mol. The Kier molecular flexibility index (Phi) is 5.33. The van der Waals surface area contributed by atoms with Crippen LogP contribution in [0.15, 0.2) is 22.7 Å². The average Bonchev–Trinajstić information content (AvgIpc) is 2.33. The number of urea groups is 1. The summed E-state index contributed by atoms with van der Waals surface area (Å²) in [5.74, 6) is 0.226. The number of hydrogen-bond donors (Lipinski definition) is 3. The van der Waals surface area contributed by atoms with Crippen molar-refractivity contribution in [2.45, 2.75) is 12.5 Å². The number of terminal acetylenes is 1. The molecule has 0 saturated heterocycles. The number of aliphatic carboxylic acids is 1. The van der Waals surface area contributed by atoms with Crippen LogP contribution in [0.3, 0.4) is 0 Å². The van der Waals surface area contributed by atoms with Crippen LogP contribution >= 0.6 is 15.9 Å². The highest BCUT2D eigenvalue weighted by molar-refractivity contribution is 9.10. The third kappa shape index (κ3) is 4.26. The second-order valence-corrected chi connectivity index (χ2v) is 4.35. The van der Waals surface area contributed by atoms with Crippen LogP contribution in [0, 0.1) is 18.2 Å². The Labute approximate surface area is 117 Å². The second kappa shape index (κ2) is 6.75. The van der Waals surface area contributed by atoms with Gasteiger partial charge in [0, 0.05) is 10.9 Å². The first kappa shape index (κ1) is 15.0. The summed E-state index contributed by atoms with van der Waals surface area (Å²) in [6.45, 7) is 0. The van der Waals surface area contributed by atoms with E-state index in [9.17, 15) is 14.0 Å². The molecule has 1 aromatic rings. The van der Waals surface area contributed by atoms with Gasteiger partial charge in [-0.15, -0.1) is 12.3 Å². The van der Waals surface area contributed by atoms with Gasteiger partial charge in [0.2, 0.25) is 0 Å². The smallest absolute Gasteiger partial charge is 0.327 e. The number of carbonyl (C=O) groups excluding carboxylic acids is 1. The van der Waals surface area contributed by atoms with Gasteiger partial charge in [0.25, 0.3) is 0 Å². The summed E-state index contributed by atoms with van der Waals surface area (Å²) in [5.41, 5.74) is -0.0788. The molecule has 1 rings (SSSR count). The minimum Gasteiger partial charge on any atom is -0.480 e. The first-order valence-electron chi connectivity index (χ1n) is 5.13. The molecule has 0 radical (unpaired) electrons. The van der Waals surface area contributed by atoms with Gasteiger partial charge in [-0.25, -0.2) is 14.0 Å². The number of carboxylic acids is 1. The van der Waals surface area contributed by atoms with Gasteiger partial charge in [-0.05, 0) is 28.1 Å². The molecule has 1 aromatic carbocycles. The maximum absolute atomic E-state index is 13.4. The van der Waals surface area contributed by atoms with Gasteiger partial charge >= 0.3 is 12.0 Å². The molecule has 0 aliphatic carbocycles. The summed E-state index contributed by atoms with van der Waals surface area (Å²) in [5, 5.41) is 13.2. The maximum atomic E-state index is 13.4. The molecule has 0 aliphatic heterocycles. The highest BCUT2D eigenvalue weighted by Crippen LogP contribution is 2.24. The Morgan fingerprint density at radius 2 is 2.21 bits per heavy atom. The van der Waals surface area contributed by atoms with Crippen LogP contribution < -0.4 is 10.6 Å². The number of anilines is 1. The summed E-state index contributed by atoms with van der Waals surface area (Å²) in [4.78, 5) is 22.4. The largest absolute Gasteiger partial charge is 0.480 e. The summed E-state index contributed by atoms with van der Waals surface area (Å²) < 4.78 is 13.8. The second-order valence-electron chi connectivity index (χ2n) is 3.49. The molecule has 0 aliphatic rings. The summed E-state index contributed by atoms with van der Waals surface area (Å²) in [6, 6.07) is 2.08. The predicted molar refractivity (Wildman–Crippen MR) is 71.1 cm³/mol. The highest BCUT2D eigenvalue weighted by atomic mass is 79.9. The van der Waals surface area contributed by atoms with Crippen LogP contribution in [0.2, 0.25) is 0 Å². The Morgan fingerprint density at radius 3 is 2.74 bits per heavy atom. The molecular formula is C12H10BrFN2O3. The molecule has 0 aromatic heterocycles. The fourth-order valence-electron chi connectivity index (χ4n) is 1.24. The molecule has 2 amide bonds. The fourth-order valence-corrected chi connectivity index (χ4v) is 1.68. The Bertz CT molecular complexity index is 522. The van der Waals surface area contributed by atoms with E-state index in [2.05, 4.69) is 32.5 Å². The van der Waals surface area contributed by atoms with E-state index in [0.29, 0.717) is 4.47 Å². The zero-order valence-electron chi connectivity index (χ0n) is 9.61. The first-order chi connectivity index (χ1) is 8.95. The predicted octanol–water partition coefficient (Wildman–Crippen LogP) is 2.19. The van der Waals surface area contributed by atoms with Crippen molar-refractivity contribution in [2.75, 3.05) is 5.32 Å². The highest BCUT2D eigenvalue weighted by Gasteiger charge is 2.19. The molecule has 1 atom stereocenters. The quantitative estimate of drug-likeness (QED) is 0.741. The Balaban J connectivity index is 2.75. The van der Waals surface area contributed by atoms with Gasteiger partial charge < -0.3 is 15.7 Å². The van der Waals surface area contributed by atoms with Crippen LogP contribution in [0.4, 0.5) is 14.9 Å². The lowest BCUT2D eigenvalue weighted by Crippen LogP contribution is -2.42. The summed E-state index contributed by atoms with van der Waals surface area (Å²) >= 11 is 3.07. The van der Waals surface area contributed by atoms with Gasteiger partial charge in [-0.3, -0.25) is 0 Å². The zero-order valence-corrected chi connectivity index (χ0v) is 11.2. The van der Waals surface area contributed by atoms with Crippen molar-refractivity contribution < 1.29 is 19.1 Å². The van der Waals surface area contributed by atoms with Gasteiger partial charge in [-0.1, -0.05) is 6.07 Å². The minimum absolute atomic E-state index is 0.0788. The lowest BCUT2D eigenvalue weighted by atomic mass is 10.2. The molecule has 3 N–H and O–H groups in total. The molecule has 0 saturated carbocycles. The van der Waals surface area contributed by atoms with Gasteiger partial charge in [0.1, 0.15) is 11.9 Å². The molecule has 0 heterocycles. The minimum atomic E-state index is -1.26. The van der Waals surface area contributed by atoms with Crippen molar-refractivity contribution in [3.8, 4) is 12.3 Å². The average molecular weight is 329 g/mol. The molecule has 0 fully saturated rings. The van der Waals surface area contributed by atoms with E-state index in [4.69, 9.17) is 11.5 Å². The van der Waals surface area contributed by atoms with Crippen LogP contribution in [0.1, 0.15) is 6.42 Å². The third-order valence-corrected chi connectivity index (χ3v) is 2.79. The standard InChI is InChI=1S/C12H10BrFN2O3/c1-2-4-9(11(17)18)15-12(19)16-10-7(13)5-3-6-8(10)14/h1,3,5-6,9H,4H2,(H,17,18)(H2,15,16,19). The van der Waals surface area contributed by atoms with Crippen LogP contribution in [-0.2, 0) is 4.79 Å². The van der Waals surface area contributed by atoms with E-state index in [1.165, 1.54) is 12.1 Å². The third-order valence-electron chi connectivity index (χ3n) is 2.13. The van der Waals surface area contributed by atoms with Crippen molar-refractivity contribution >= 4 is 33.6 Å². The summed E-state index contributed by atoms with van der Waals surface area (Å²) in [6.07, 6.45) is 4.83. The number of halogens is 2. The monoisotopic (exact) mass is 328 g/mol. The van der Waals surface area contributed by atoms with Crippen molar-refractivity contribution in [3.05, 3.63) is 28.5 Å². The number of carboxylic acid groups (broad SMARTS) is 1. The van der Waals surface area contributed by atoms with E-state index in [-0.39, 0.29) is 12.1 Å². The van der Waals surface area contributed by atoms with Crippen LogP contribution in [-0.4, -0.2) is 23.1 Å². The molecule has 100 valence electrons. The number of para-hydroxylation sites is 1. The normalized spacial score (nSPS) is 11.2. The van der Waals surface area contributed by atoms with Crippen molar-refractivity contribution in [3.63, 3.8) is 0 Å². The topological polar surface area (TPSA) is 78.4 Å². The molecule has 1 unspecified atom stereocenters. The Hall–Kier alpha value is -2.07. The van der Waals surface area contributed by atoms with E-state index in [1.54, 1.807) is 0 Å². The van der Waals surface area contributed by atoms with Gasteiger partial charge in [0.05, 0.1) is 5.69 Å². The van der Waals surface area contributed by atoms with E-state index in [0.717, 1.165) is 6.07 Å². The SMILES string of the molecule is C#CCC(NC(=O)Nc1c(F)cccc1Br)C(=O)O. The van der Waals surface area contributed by atoms with Crippen LogP contribution in [0.25, 0.3) is 0 Å².